The SMILES string of the molecule is C[C@@H](NC(=O)CN(c1ccccc1)S(=O)(=O)c1ccc(C#N)cc1)C12CC3CC(CC(C3)C1)C2. The van der Waals surface area contributed by atoms with Crippen LogP contribution in [0.5, 0.6) is 0 Å². The first-order chi connectivity index (χ1) is 16.3. The lowest BCUT2D eigenvalue weighted by molar-refractivity contribution is -0.124. The Morgan fingerprint density at radius 2 is 1.59 bits per heavy atom. The molecule has 1 amide bonds. The van der Waals surface area contributed by atoms with Crippen LogP contribution >= 0.6 is 0 Å². The van der Waals surface area contributed by atoms with Crippen LogP contribution in [0.1, 0.15) is 51.0 Å². The van der Waals surface area contributed by atoms with Crippen LogP contribution in [0.15, 0.2) is 59.5 Å². The number of benzene rings is 2. The topological polar surface area (TPSA) is 90.3 Å². The van der Waals surface area contributed by atoms with Gasteiger partial charge in [0.1, 0.15) is 6.54 Å². The molecule has 4 fully saturated rings. The average molecular weight is 478 g/mol. The minimum Gasteiger partial charge on any atom is -0.352 e. The first kappa shape index (κ1) is 22.9. The second kappa shape index (κ2) is 8.74. The highest BCUT2D eigenvalue weighted by Gasteiger charge is 2.53. The summed E-state index contributed by atoms with van der Waals surface area (Å²) in [6, 6.07) is 16.5. The molecule has 4 aliphatic carbocycles. The van der Waals surface area contributed by atoms with Gasteiger partial charge in [0.05, 0.1) is 22.2 Å². The molecule has 1 N–H and O–H groups in total. The zero-order valence-corrected chi connectivity index (χ0v) is 20.3. The standard InChI is InChI=1S/C27H31N3O3S/c1-19(27-14-21-11-22(15-27)13-23(12-21)16-27)29-26(31)18-30(24-5-3-2-4-6-24)34(32,33)25-9-7-20(17-28)8-10-25/h2-10,19,21-23H,11-16,18H2,1H3,(H,29,31)/t19-,21?,22?,23?,27?/m1/s1. The van der Waals surface area contributed by atoms with Crippen LogP contribution in [0.4, 0.5) is 5.69 Å². The van der Waals surface area contributed by atoms with E-state index >= 15 is 0 Å². The molecule has 1 atom stereocenters. The number of nitrogens with one attached hydrogen (secondary N) is 1. The number of hydrogen-bond acceptors (Lipinski definition) is 4. The summed E-state index contributed by atoms with van der Waals surface area (Å²) in [5.41, 5.74) is 0.963. The van der Waals surface area contributed by atoms with E-state index in [0.717, 1.165) is 22.1 Å². The van der Waals surface area contributed by atoms with Crippen molar-refractivity contribution in [1.29, 1.82) is 5.26 Å². The van der Waals surface area contributed by atoms with E-state index < -0.39 is 10.0 Å². The minimum atomic E-state index is -3.99. The molecule has 6 nitrogen and oxygen atoms in total. The Labute approximate surface area is 202 Å². The Kier molecular flexibility index (Phi) is 5.89. The zero-order valence-electron chi connectivity index (χ0n) is 19.5. The van der Waals surface area contributed by atoms with Crippen molar-refractivity contribution in [2.75, 3.05) is 10.8 Å². The summed E-state index contributed by atoms with van der Waals surface area (Å²) >= 11 is 0. The molecule has 6 rings (SSSR count). The van der Waals surface area contributed by atoms with Crippen LogP contribution in [0.3, 0.4) is 0 Å². The van der Waals surface area contributed by atoms with E-state index in [1.165, 1.54) is 62.8 Å². The molecule has 178 valence electrons. The summed E-state index contributed by atoms with van der Waals surface area (Å²) in [7, 11) is -3.99. The fourth-order valence-electron chi connectivity index (χ4n) is 7.02. The van der Waals surface area contributed by atoms with Gasteiger partial charge in [-0.25, -0.2) is 8.42 Å². The Hall–Kier alpha value is -2.85. The predicted octanol–water partition coefficient (Wildman–Crippen LogP) is 4.47. The first-order valence-electron chi connectivity index (χ1n) is 12.2. The number of para-hydroxylation sites is 1. The van der Waals surface area contributed by atoms with Gasteiger partial charge in [-0.2, -0.15) is 5.26 Å². The van der Waals surface area contributed by atoms with Crippen LogP contribution < -0.4 is 9.62 Å². The van der Waals surface area contributed by atoms with Crippen molar-refractivity contribution in [3.63, 3.8) is 0 Å². The van der Waals surface area contributed by atoms with Crippen molar-refractivity contribution < 1.29 is 13.2 Å². The third-order valence-electron chi connectivity index (χ3n) is 8.28. The number of sulfonamides is 1. The lowest BCUT2D eigenvalue weighted by Gasteiger charge is -2.59. The summed E-state index contributed by atoms with van der Waals surface area (Å²) in [6.45, 7) is 1.82. The van der Waals surface area contributed by atoms with Crippen molar-refractivity contribution in [2.45, 2.75) is 56.4 Å². The molecule has 0 radical (unpaired) electrons. The molecule has 34 heavy (non-hydrogen) atoms. The number of carbonyl (C=O) groups is 1. The number of nitrogens with zero attached hydrogens (tertiary/aromatic N) is 2. The maximum Gasteiger partial charge on any atom is 0.264 e. The number of hydrogen-bond donors (Lipinski definition) is 1. The number of anilines is 1. The fraction of sp³-hybridized carbons (Fsp3) is 0.481. The van der Waals surface area contributed by atoms with E-state index in [1.54, 1.807) is 24.3 Å². The largest absolute Gasteiger partial charge is 0.352 e. The smallest absolute Gasteiger partial charge is 0.264 e. The molecule has 4 bridgehead atoms. The Balaban J connectivity index is 1.36. The number of carbonyl (C=O) groups excluding carboxylic acids is 1. The molecule has 0 heterocycles. The maximum absolute atomic E-state index is 13.5. The third-order valence-corrected chi connectivity index (χ3v) is 10.1. The normalized spacial score (nSPS) is 28.2. The molecule has 0 aliphatic heterocycles. The molecule has 0 spiro atoms. The van der Waals surface area contributed by atoms with E-state index in [-0.39, 0.29) is 28.8 Å². The van der Waals surface area contributed by atoms with E-state index in [9.17, 15) is 13.2 Å². The van der Waals surface area contributed by atoms with Crippen molar-refractivity contribution in [2.24, 2.45) is 23.2 Å². The van der Waals surface area contributed by atoms with Crippen molar-refractivity contribution in [3.8, 4) is 6.07 Å². The van der Waals surface area contributed by atoms with Gasteiger partial charge < -0.3 is 5.32 Å². The van der Waals surface area contributed by atoms with Crippen molar-refractivity contribution in [3.05, 3.63) is 60.2 Å². The molecular weight excluding hydrogens is 446 g/mol. The van der Waals surface area contributed by atoms with Gasteiger partial charge in [-0.1, -0.05) is 18.2 Å². The molecular formula is C27H31N3O3S. The molecule has 2 aromatic rings. The summed E-state index contributed by atoms with van der Waals surface area (Å²) < 4.78 is 28.2. The van der Waals surface area contributed by atoms with Gasteiger partial charge in [0.15, 0.2) is 0 Å². The molecule has 0 aromatic heterocycles. The molecule has 2 aromatic carbocycles. The second-order valence-electron chi connectivity index (χ2n) is 10.6. The van der Waals surface area contributed by atoms with Crippen LogP contribution in [0, 0.1) is 34.5 Å². The summed E-state index contributed by atoms with van der Waals surface area (Å²) in [6.07, 6.45) is 7.53. The molecule has 0 unspecified atom stereocenters. The Bertz CT molecular complexity index is 1170. The van der Waals surface area contributed by atoms with Gasteiger partial charge in [0.2, 0.25) is 5.91 Å². The van der Waals surface area contributed by atoms with E-state index in [2.05, 4.69) is 12.2 Å². The van der Waals surface area contributed by atoms with Gasteiger partial charge in [-0.15, -0.1) is 0 Å². The summed E-state index contributed by atoms with van der Waals surface area (Å²) in [4.78, 5) is 13.3. The summed E-state index contributed by atoms with van der Waals surface area (Å²) in [5.74, 6) is 2.05. The van der Waals surface area contributed by atoms with Crippen LogP contribution in [0.25, 0.3) is 0 Å². The van der Waals surface area contributed by atoms with E-state index in [4.69, 9.17) is 5.26 Å². The predicted molar refractivity (Wildman–Crippen MR) is 130 cm³/mol. The van der Waals surface area contributed by atoms with Gasteiger partial charge in [-0.05, 0) is 105 Å². The second-order valence-corrected chi connectivity index (χ2v) is 12.4. The number of rotatable bonds is 7. The van der Waals surface area contributed by atoms with Crippen LogP contribution in [-0.4, -0.2) is 26.9 Å². The van der Waals surface area contributed by atoms with Crippen LogP contribution in [0.2, 0.25) is 0 Å². The fourth-order valence-corrected chi connectivity index (χ4v) is 8.44. The quantitative estimate of drug-likeness (QED) is 0.637. The molecule has 4 aliphatic rings. The van der Waals surface area contributed by atoms with E-state index in [0.29, 0.717) is 11.3 Å². The number of nitriles is 1. The molecule has 0 saturated heterocycles. The van der Waals surface area contributed by atoms with E-state index in [1.807, 2.05) is 12.1 Å². The van der Waals surface area contributed by atoms with Crippen molar-refractivity contribution in [1.82, 2.24) is 5.32 Å². The Morgan fingerprint density at radius 1 is 1.03 bits per heavy atom. The molecule has 7 heteroatoms. The highest BCUT2D eigenvalue weighted by atomic mass is 32.2. The lowest BCUT2D eigenvalue weighted by Crippen LogP contribution is -2.57. The Morgan fingerprint density at radius 3 is 2.12 bits per heavy atom. The highest BCUT2D eigenvalue weighted by molar-refractivity contribution is 7.92. The van der Waals surface area contributed by atoms with Gasteiger partial charge in [0, 0.05) is 6.04 Å². The molecule has 4 saturated carbocycles. The van der Waals surface area contributed by atoms with Gasteiger partial charge in [0.25, 0.3) is 10.0 Å². The minimum absolute atomic E-state index is 0.0173. The zero-order chi connectivity index (χ0) is 23.9. The number of amides is 1. The maximum atomic E-state index is 13.5. The highest BCUT2D eigenvalue weighted by Crippen LogP contribution is 2.61. The van der Waals surface area contributed by atoms with Gasteiger partial charge in [-0.3, -0.25) is 9.10 Å². The monoisotopic (exact) mass is 477 g/mol. The van der Waals surface area contributed by atoms with Crippen molar-refractivity contribution >= 4 is 21.6 Å². The summed E-state index contributed by atoms with van der Waals surface area (Å²) in [5, 5.41) is 12.2. The van der Waals surface area contributed by atoms with Crippen LogP contribution in [-0.2, 0) is 14.8 Å². The third kappa shape index (κ3) is 4.20. The average Bonchev–Trinajstić information content (AvgIpc) is 2.82. The first-order valence-corrected chi connectivity index (χ1v) is 13.6. The lowest BCUT2D eigenvalue weighted by atomic mass is 9.48. The van der Waals surface area contributed by atoms with Gasteiger partial charge >= 0.3 is 0 Å².